The van der Waals surface area contributed by atoms with Gasteiger partial charge >= 0.3 is 0 Å². The van der Waals surface area contributed by atoms with E-state index in [9.17, 15) is 4.79 Å². The first kappa shape index (κ1) is 13.4. The van der Waals surface area contributed by atoms with E-state index in [0.717, 1.165) is 17.4 Å². The molecule has 0 saturated carbocycles. The predicted molar refractivity (Wildman–Crippen MR) is 83.8 cm³/mol. The van der Waals surface area contributed by atoms with Crippen molar-refractivity contribution in [3.63, 3.8) is 0 Å². The molecule has 0 unspecified atom stereocenters. The summed E-state index contributed by atoms with van der Waals surface area (Å²) in [5, 5.41) is 15.5. The van der Waals surface area contributed by atoms with E-state index >= 15 is 0 Å². The fourth-order valence-corrected chi connectivity index (χ4v) is 2.57. The van der Waals surface area contributed by atoms with Gasteiger partial charge in [0.25, 0.3) is 5.91 Å². The Kier molecular flexibility index (Phi) is 3.74. The lowest BCUT2D eigenvalue weighted by Crippen LogP contribution is -2.11. The van der Waals surface area contributed by atoms with Gasteiger partial charge in [-0.05, 0) is 19.1 Å². The highest BCUT2D eigenvalue weighted by atomic mass is 32.1. The molecule has 7 heteroatoms. The quantitative estimate of drug-likeness (QED) is 0.774. The van der Waals surface area contributed by atoms with Crippen molar-refractivity contribution in [1.82, 2.24) is 15.2 Å². The molecule has 3 rings (SSSR count). The van der Waals surface area contributed by atoms with Gasteiger partial charge in [0.1, 0.15) is 0 Å². The van der Waals surface area contributed by atoms with Crippen LogP contribution in [0.2, 0.25) is 0 Å². The van der Waals surface area contributed by atoms with Crippen molar-refractivity contribution in [1.29, 1.82) is 0 Å². The van der Waals surface area contributed by atoms with Gasteiger partial charge in [-0.25, -0.2) is 0 Å². The zero-order valence-electron chi connectivity index (χ0n) is 11.3. The molecule has 0 aliphatic carbocycles. The fourth-order valence-electron chi connectivity index (χ4n) is 1.86. The highest BCUT2D eigenvalue weighted by Crippen LogP contribution is 2.19. The molecule has 2 heterocycles. The minimum Gasteiger partial charge on any atom is -0.360 e. The molecule has 0 atom stereocenters. The minimum atomic E-state index is -0.284. The summed E-state index contributed by atoms with van der Waals surface area (Å²) < 4.78 is 0. The maximum absolute atomic E-state index is 12.1. The maximum atomic E-state index is 12.1. The third kappa shape index (κ3) is 2.97. The number of nitrogens with one attached hydrogen (secondary N) is 2. The molecule has 3 aromatic rings. The van der Waals surface area contributed by atoms with Crippen LogP contribution in [0.3, 0.4) is 0 Å². The Hall–Kier alpha value is -2.54. The first-order valence-electron chi connectivity index (χ1n) is 6.50. The number of para-hydroxylation sites is 1. The van der Waals surface area contributed by atoms with Gasteiger partial charge in [-0.3, -0.25) is 9.78 Å². The molecule has 1 amide bonds. The molecule has 2 aromatic heterocycles. The van der Waals surface area contributed by atoms with Crippen molar-refractivity contribution in [2.45, 2.75) is 6.92 Å². The van der Waals surface area contributed by atoms with Crippen LogP contribution in [0.4, 0.5) is 10.8 Å². The summed E-state index contributed by atoms with van der Waals surface area (Å²) in [6.07, 6.45) is 1.63. The van der Waals surface area contributed by atoms with Crippen molar-refractivity contribution in [2.75, 3.05) is 17.2 Å². The SMILES string of the molecule is CCNc1nnc(C(=O)Nc2cnc3ccccc3c2)s1. The molecule has 6 nitrogen and oxygen atoms in total. The number of carbonyl (C=O) groups is 1. The molecule has 21 heavy (non-hydrogen) atoms. The van der Waals surface area contributed by atoms with Crippen LogP contribution in [0, 0.1) is 0 Å². The van der Waals surface area contributed by atoms with Crippen LogP contribution < -0.4 is 10.6 Å². The standard InChI is InChI=1S/C14H13N5OS/c1-2-15-14-19-18-13(21-14)12(20)17-10-7-9-5-3-4-6-11(9)16-8-10/h3-8H,2H2,1H3,(H,15,19)(H,17,20). The molecule has 0 fully saturated rings. The van der Waals surface area contributed by atoms with Crippen molar-refractivity contribution in [3.8, 4) is 0 Å². The van der Waals surface area contributed by atoms with E-state index in [4.69, 9.17) is 0 Å². The van der Waals surface area contributed by atoms with E-state index in [1.54, 1.807) is 6.20 Å². The third-order valence-electron chi connectivity index (χ3n) is 2.80. The molecular weight excluding hydrogens is 286 g/mol. The van der Waals surface area contributed by atoms with Crippen LogP contribution >= 0.6 is 11.3 Å². The summed E-state index contributed by atoms with van der Waals surface area (Å²) in [5.41, 5.74) is 1.53. The number of hydrogen-bond acceptors (Lipinski definition) is 6. The molecule has 2 N–H and O–H groups in total. The molecule has 0 radical (unpaired) electrons. The van der Waals surface area contributed by atoms with Gasteiger partial charge in [0.05, 0.1) is 17.4 Å². The summed E-state index contributed by atoms with van der Waals surface area (Å²) in [7, 11) is 0. The first-order chi connectivity index (χ1) is 10.3. The number of benzene rings is 1. The number of aromatic nitrogens is 3. The largest absolute Gasteiger partial charge is 0.360 e. The van der Waals surface area contributed by atoms with Gasteiger partial charge in [0.15, 0.2) is 0 Å². The Morgan fingerprint density at radius 3 is 3.00 bits per heavy atom. The number of anilines is 2. The highest BCUT2D eigenvalue weighted by molar-refractivity contribution is 7.17. The van der Waals surface area contributed by atoms with E-state index in [2.05, 4.69) is 25.8 Å². The van der Waals surface area contributed by atoms with E-state index in [1.807, 2.05) is 37.3 Å². The van der Waals surface area contributed by atoms with Gasteiger partial charge in [-0.1, -0.05) is 29.5 Å². The Balaban J connectivity index is 1.78. The molecular formula is C14H13N5OS. The average Bonchev–Trinajstić information content (AvgIpc) is 2.96. The number of fused-ring (bicyclic) bond motifs is 1. The zero-order valence-corrected chi connectivity index (χ0v) is 12.1. The van der Waals surface area contributed by atoms with Crippen LogP contribution in [0.15, 0.2) is 36.5 Å². The van der Waals surface area contributed by atoms with Gasteiger partial charge in [-0.15, -0.1) is 10.2 Å². The number of rotatable bonds is 4. The van der Waals surface area contributed by atoms with E-state index in [1.165, 1.54) is 11.3 Å². The molecule has 0 saturated heterocycles. The summed E-state index contributed by atoms with van der Waals surface area (Å²) in [4.78, 5) is 16.4. The first-order valence-corrected chi connectivity index (χ1v) is 7.31. The smallest absolute Gasteiger partial charge is 0.286 e. The number of carbonyl (C=O) groups excluding carboxylic acids is 1. The van der Waals surface area contributed by atoms with Gasteiger partial charge in [0, 0.05) is 11.9 Å². The van der Waals surface area contributed by atoms with Crippen molar-refractivity contribution in [3.05, 3.63) is 41.5 Å². The van der Waals surface area contributed by atoms with Gasteiger partial charge in [0.2, 0.25) is 10.1 Å². The molecule has 0 bridgehead atoms. The third-order valence-corrected chi connectivity index (χ3v) is 3.68. The Labute approximate surface area is 125 Å². The number of hydrogen-bond donors (Lipinski definition) is 2. The lowest BCUT2D eigenvalue weighted by molar-refractivity contribution is 0.102. The second-order valence-corrected chi connectivity index (χ2v) is 5.29. The Morgan fingerprint density at radius 2 is 2.14 bits per heavy atom. The second-order valence-electron chi connectivity index (χ2n) is 4.31. The summed E-state index contributed by atoms with van der Waals surface area (Å²) in [6.45, 7) is 2.70. The summed E-state index contributed by atoms with van der Waals surface area (Å²) >= 11 is 1.22. The minimum absolute atomic E-state index is 0.284. The number of pyridine rings is 1. The van der Waals surface area contributed by atoms with Crippen molar-refractivity contribution in [2.24, 2.45) is 0 Å². The molecule has 1 aromatic carbocycles. The monoisotopic (exact) mass is 299 g/mol. The molecule has 106 valence electrons. The predicted octanol–water partition coefficient (Wildman–Crippen LogP) is 2.77. The maximum Gasteiger partial charge on any atom is 0.286 e. The van der Waals surface area contributed by atoms with E-state index < -0.39 is 0 Å². The van der Waals surface area contributed by atoms with Gasteiger partial charge < -0.3 is 10.6 Å². The number of nitrogens with zero attached hydrogens (tertiary/aromatic N) is 3. The van der Waals surface area contributed by atoms with Crippen molar-refractivity contribution < 1.29 is 4.79 Å². The van der Waals surface area contributed by atoms with E-state index in [0.29, 0.717) is 15.8 Å². The normalized spacial score (nSPS) is 10.5. The van der Waals surface area contributed by atoms with Crippen LogP contribution in [-0.2, 0) is 0 Å². The zero-order chi connectivity index (χ0) is 14.7. The van der Waals surface area contributed by atoms with Crippen LogP contribution in [0.5, 0.6) is 0 Å². The average molecular weight is 299 g/mol. The lowest BCUT2D eigenvalue weighted by atomic mass is 10.2. The summed E-state index contributed by atoms with van der Waals surface area (Å²) in [5.74, 6) is -0.284. The van der Waals surface area contributed by atoms with E-state index in [-0.39, 0.29) is 5.91 Å². The lowest BCUT2D eigenvalue weighted by Gasteiger charge is -2.03. The molecule has 0 spiro atoms. The highest BCUT2D eigenvalue weighted by Gasteiger charge is 2.13. The Morgan fingerprint density at radius 1 is 1.29 bits per heavy atom. The van der Waals surface area contributed by atoms with Crippen LogP contribution in [-0.4, -0.2) is 27.6 Å². The molecule has 0 aliphatic rings. The van der Waals surface area contributed by atoms with Crippen LogP contribution in [0.25, 0.3) is 10.9 Å². The topological polar surface area (TPSA) is 79.8 Å². The summed E-state index contributed by atoms with van der Waals surface area (Å²) in [6, 6.07) is 9.62. The van der Waals surface area contributed by atoms with Crippen LogP contribution in [0.1, 0.15) is 16.7 Å². The number of amides is 1. The molecule has 0 aliphatic heterocycles. The fraction of sp³-hybridized carbons (Fsp3) is 0.143. The Bertz CT molecular complexity index is 786. The van der Waals surface area contributed by atoms with Gasteiger partial charge in [-0.2, -0.15) is 0 Å². The second kappa shape index (κ2) is 5.84. The van der Waals surface area contributed by atoms with Crippen molar-refractivity contribution >= 4 is 39.0 Å².